The fourth-order valence-corrected chi connectivity index (χ4v) is 1.96. The van der Waals surface area contributed by atoms with Crippen molar-refractivity contribution in [2.24, 2.45) is 10.7 Å². The van der Waals surface area contributed by atoms with Crippen molar-refractivity contribution in [2.45, 2.75) is 19.9 Å². The zero-order valence-corrected chi connectivity index (χ0v) is 12.3. The summed E-state index contributed by atoms with van der Waals surface area (Å²) in [5, 5.41) is 13.7. The van der Waals surface area contributed by atoms with Gasteiger partial charge in [0.2, 0.25) is 0 Å². The number of nitrogens with two attached hydrogens (primary N) is 1. The molecule has 3 N–H and O–H groups in total. The van der Waals surface area contributed by atoms with Gasteiger partial charge in [0.05, 0.1) is 11.5 Å². The molecule has 0 saturated carbocycles. The summed E-state index contributed by atoms with van der Waals surface area (Å²) >= 11 is 0. The lowest BCUT2D eigenvalue weighted by atomic mass is 10.1. The number of rotatable bonds is 5. The van der Waals surface area contributed by atoms with E-state index in [0.29, 0.717) is 0 Å². The summed E-state index contributed by atoms with van der Waals surface area (Å²) in [6.07, 6.45) is 0.983. The quantitative estimate of drug-likeness (QED) is 0.384. The van der Waals surface area contributed by atoms with E-state index in [0.717, 1.165) is 17.7 Å². The summed E-state index contributed by atoms with van der Waals surface area (Å²) in [5.74, 6) is 0.274. The monoisotopic (exact) mass is 298 g/mol. The van der Waals surface area contributed by atoms with Crippen molar-refractivity contribution in [2.75, 3.05) is 5.32 Å². The summed E-state index contributed by atoms with van der Waals surface area (Å²) in [6, 6.07) is 14.3. The van der Waals surface area contributed by atoms with Gasteiger partial charge in [-0.05, 0) is 29.7 Å². The van der Waals surface area contributed by atoms with Crippen LogP contribution in [0.25, 0.3) is 0 Å². The van der Waals surface area contributed by atoms with Crippen molar-refractivity contribution in [3.63, 3.8) is 0 Å². The van der Waals surface area contributed by atoms with Gasteiger partial charge < -0.3 is 11.1 Å². The van der Waals surface area contributed by atoms with Crippen LogP contribution in [0.15, 0.2) is 53.5 Å². The number of guanidine groups is 1. The van der Waals surface area contributed by atoms with Crippen LogP contribution in [0.4, 0.5) is 11.4 Å². The number of hydrogen-bond acceptors (Lipinski definition) is 3. The predicted octanol–water partition coefficient (Wildman–Crippen LogP) is 3.08. The summed E-state index contributed by atoms with van der Waals surface area (Å²) < 4.78 is 0. The van der Waals surface area contributed by atoms with Gasteiger partial charge in [0, 0.05) is 17.8 Å². The van der Waals surface area contributed by atoms with Crippen molar-refractivity contribution < 1.29 is 4.92 Å². The Morgan fingerprint density at radius 2 is 1.95 bits per heavy atom. The molecule has 0 unspecified atom stereocenters. The number of non-ortho nitro benzene ring substituents is 1. The second-order valence-corrected chi connectivity index (χ2v) is 4.80. The van der Waals surface area contributed by atoms with Crippen molar-refractivity contribution in [3.8, 4) is 0 Å². The van der Waals surface area contributed by atoms with Gasteiger partial charge in [-0.3, -0.25) is 10.1 Å². The van der Waals surface area contributed by atoms with E-state index in [1.807, 2.05) is 24.3 Å². The lowest BCUT2D eigenvalue weighted by Gasteiger charge is -2.06. The van der Waals surface area contributed by atoms with Gasteiger partial charge in [0.15, 0.2) is 5.96 Å². The Labute approximate surface area is 128 Å². The molecule has 0 aliphatic heterocycles. The highest BCUT2D eigenvalue weighted by molar-refractivity contribution is 5.92. The summed E-state index contributed by atoms with van der Waals surface area (Å²) in [6.45, 7) is 2.38. The van der Waals surface area contributed by atoms with E-state index in [9.17, 15) is 10.1 Å². The normalized spacial score (nSPS) is 11.2. The first-order valence-electron chi connectivity index (χ1n) is 6.97. The molecular weight excluding hydrogens is 280 g/mol. The van der Waals surface area contributed by atoms with E-state index < -0.39 is 4.92 Å². The van der Waals surface area contributed by atoms with E-state index in [2.05, 4.69) is 17.2 Å². The van der Waals surface area contributed by atoms with Gasteiger partial charge in [-0.1, -0.05) is 31.2 Å². The van der Waals surface area contributed by atoms with E-state index in [-0.39, 0.29) is 18.2 Å². The van der Waals surface area contributed by atoms with Crippen LogP contribution in [0, 0.1) is 10.1 Å². The standard InChI is InChI=1S/C16H18N4O2/c1-2-12-6-8-14(9-7-12)19-16(17)18-11-13-4-3-5-15(10-13)20(21)22/h3-10H,2,11H2,1H3,(H3,17,18,19). The molecule has 0 aliphatic rings. The predicted molar refractivity (Wildman–Crippen MR) is 87.9 cm³/mol. The van der Waals surface area contributed by atoms with Crippen LogP contribution >= 0.6 is 0 Å². The van der Waals surface area contributed by atoms with E-state index in [4.69, 9.17) is 5.73 Å². The summed E-state index contributed by atoms with van der Waals surface area (Å²) in [7, 11) is 0. The second kappa shape index (κ2) is 7.21. The molecule has 0 fully saturated rings. The van der Waals surface area contributed by atoms with E-state index in [1.165, 1.54) is 17.7 Å². The fraction of sp³-hybridized carbons (Fsp3) is 0.188. The zero-order chi connectivity index (χ0) is 15.9. The lowest BCUT2D eigenvalue weighted by Crippen LogP contribution is -2.22. The average molecular weight is 298 g/mol. The number of aryl methyl sites for hydroxylation is 1. The number of aliphatic imine (C=N–C) groups is 1. The Balaban J connectivity index is 1.99. The molecule has 6 heteroatoms. The third kappa shape index (κ3) is 4.31. The highest BCUT2D eigenvalue weighted by Crippen LogP contribution is 2.14. The fourth-order valence-electron chi connectivity index (χ4n) is 1.96. The van der Waals surface area contributed by atoms with Crippen molar-refractivity contribution in [3.05, 3.63) is 69.8 Å². The molecule has 2 rings (SSSR count). The van der Waals surface area contributed by atoms with Crippen LogP contribution in [0.3, 0.4) is 0 Å². The van der Waals surface area contributed by atoms with Crippen LogP contribution in [0.1, 0.15) is 18.1 Å². The highest BCUT2D eigenvalue weighted by Gasteiger charge is 2.05. The third-order valence-corrected chi connectivity index (χ3v) is 3.19. The SMILES string of the molecule is CCc1ccc(NC(N)=NCc2cccc([N+](=O)[O-])c2)cc1. The molecule has 0 heterocycles. The number of anilines is 1. The van der Waals surface area contributed by atoms with Gasteiger partial charge in [0.25, 0.3) is 5.69 Å². The molecule has 0 radical (unpaired) electrons. The minimum Gasteiger partial charge on any atom is -0.370 e. The number of nitrogens with zero attached hydrogens (tertiary/aromatic N) is 2. The van der Waals surface area contributed by atoms with E-state index >= 15 is 0 Å². The Morgan fingerprint density at radius 3 is 2.59 bits per heavy atom. The molecule has 2 aromatic carbocycles. The number of hydrogen-bond donors (Lipinski definition) is 2. The molecule has 2 aromatic rings. The molecule has 0 bridgehead atoms. The van der Waals surface area contributed by atoms with Crippen molar-refractivity contribution in [1.29, 1.82) is 0 Å². The van der Waals surface area contributed by atoms with Gasteiger partial charge in [-0.2, -0.15) is 0 Å². The van der Waals surface area contributed by atoms with Crippen LogP contribution in [-0.2, 0) is 13.0 Å². The van der Waals surface area contributed by atoms with Crippen LogP contribution < -0.4 is 11.1 Å². The number of nitro benzene ring substituents is 1. The molecule has 6 nitrogen and oxygen atoms in total. The smallest absolute Gasteiger partial charge is 0.269 e. The van der Waals surface area contributed by atoms with Crippen LogP contribution in [0.5, 0.6) is 0 Å². The average Bonchev–Trinajstić information content (AvgIpc) is 2.54. The number of benzene rings is 2. The van der Waals surface area contributed by atoms with Gasteiger partial charge in [0.1, 0.15) is 0 Å². The Morgan fingerprint density at radius 1 is 1.23 bits per heavy atom. The molecule has 0 saturated heterocycles. The summed E-state index contributed by atoms with van der Waals surface area (Å²) in [5.41, 5.74) is 8.72. The molecule has 0 aromatic heterocycles. The minimum absolute atomic E-state index is 0.0504. The molecule has 0 amide bonds. The zero-order valence-electron chi connectivity index (χ0n) is 12.3. The summed E-state index contributed by atoms with van der Waals surface area (Å²) in [4.78, 5) is 14.5. The molecule has 0 aliphatic carbocycles. The topological polar surface area (TPSA) is 93.5 Å². The Hall–Kier alpha value is -2.89. The molecule has 0 spiro atoms. The molecule has 22 heavy (non-hydrogen) atoms. The highest BCUT2D eigenvalue weighted by atomic mass is 16.6. The van der Waals surface area contributed by atoms with Crippen molar-refractivity contribution in [1.82, 2.24) is 0 Å². The third-order valence-electron chi connectivity index (χ3n) is 3.19. The minimum atomic E-state index is -0.426. The first-order valence-corrected chi connectivity index (χ1v) is 6.97. The van der Waals surface area contributed by atoms with Gasteiger partial charge >= 0.3 is 0 Å². The lowest BCUT2D eigenvalue weighted by molar-refractivity contribution is -0.384. The first-order chi connectivity index (χ1) is 10.6. The first kappa shape index (κ1) is 15.5. The maximum Gasteiger partial charge on any atom is 0.269 e. The maximum absolute atomic E-state index is 10.7. The molecular formula is C16H18N4O2. The largest absolute Gasteiger partial charge is 0.370 e. The van der Waals surface area contributed by atoms with Crippen molar-refractivity contribution >= 4 is 17.3 Å². The maximum atomic E-state index is 10.7. The Bertz CT molecular complexity index is 681. The number of nitro groups is 1. The second-order valence-electron chi connectivity index (χ2n) is 4.80. The molecule has 0 atom stereocenters. The van der Waals surface area contributed by atoms with Gasteiger partial charge in [-0.15, -0.1) is 0 Å². The Kier molecular flexibility index (Phi) is 5.08. The number of nitrogens with one attached hydrogen (secondary N) is 1. The van der Waals surface area contributed by atoms with Crippen LogP contribution in [0.2, 0.25) is 0 Å². The van der Waals surface area contributed by atoms with Crippen LogP contribution in [-0.4, -0.2) is 10.9 Å². The van der Waals surface area contributed by atoms with Gasteiger partial charge in [-0.25, -0.2) is 4.99 Å². The molecule has 114 valence electrons. The van der Waals surface area contributed by atoms with E-state index in [1.54, 1.807) is 12.1 Å².